The average molecular weight is 310 g/mol. The third-order valence-electron chi connectivity index (χ3n) is 3.55. The first-order valence-corrected chi connectivity index (χ1v) is 7.89. The molecule has 0 amide bonds. The summed E-state index contributed by atoms with van der Waals surface area (Å²) < 4.78 is 7.47. The van der Waals surface area contributed by atoms with Crippen molar-refractivity contribution in [3.63, 3.8) is 0 Å². The first kappa shape index (κ1) is 16.8. The van der Waals surface area contributed by atoms with E-state index >= 15 is 0 Å². The highest BCUT2D eigenvalue weighted by Crippen LogP contribution is 2.24. The zero-order chi connectivity index (χ0) is 16.8. The Bertz CT molecular complexity index is 770. The van der Waals surface area contributed by atoms with E-state index in [1.807, 2.05) is 43.3 Å². The third-order valence-corrected chi connectivity index (χ3v) is 3.55. The molecule has 0 saturated carbocycles. The van der Waals surface area contributed by atoms with Crippen LogP contribution in [0.15, 0.2) is 41.2 Å². The highest BCUT2D eigenvalue weighted by Gasteiger charge is 2.10. The molecule has 0 aliphatic rings. The second-order valence-corrected chi connectivity index (χ2v) is 5.86. The minimum atomic E-state index is -0.0972. The molecule has 0 aliphatic carbocycles. The molecule has 0 bridgehead atoms. The van der Waals surface area contributed by atoms with Gasteiger partial charge in [-0.1, -0.05) is 32.0 Å². The minimum Gasteiger partial charge on any atom is -0.493 e. The van der Waals surface area contributed by atoms with Gasteiger partial charge in [-0.3, -0.25) is 4.79 Å². The molecule has 0 saturated heterocycles. The maximum Gasteiger partial charge on any atom is 0.255 e. The summed E-state index contributed by atoms with van der Waals surface area (Å²) in [4.78, 5) is 12.5. The van der Waals surface area contributed by atoms with Gasteiger partial charge in [-0.25, -0.2) is 0 Å². The lowest BCUT2D eigenvalue weighted by Crippen LogP contribution is -2.24. The van der Waals surface area contributed by atoms with Crippen LogP contribution in [0.25, 0.3) is 11.3 Å². The van der Waals surface area contributed by atoms with Gasteiger partial charge in [0.15, 0.2) is 0 Å². The first-order chi connectivity index (χ1) is 11.1. The summed E-state index contributed by atoms with van der Waals surface area (Å²) in [7, 11) is 0. The zero-order valence-electron chi connectivity index (χ0n) is 13.9. The molecule has 4 heteroatoms. The number of aromatic nitrogens is 1. The Morgan fingerprint density at radius 1 is 1.26 bits per heavy atom. The third kappa shape index (κ3) is 4.01. The molecule has 0 spiro atoms. The van der Waals surface area contributed by atoms with Gasteiger partial charge in [-0.2, -0.15) is 5.26 Å². The topological polar surface area (TPSA) is 55.0 Å². The molecule has 0 fully saturated rings. The minimum absolute atomic E-state index is 0.0972. The Morgan fingerprint density at radius 2 is 2.04 bits per heavy atom. The van der Waals surface area contributed by atoms with Crippen LogP contribution in [0.3, 0.4) is 0 Å². The predicted molar refractivity (Wildman–Crippen MR) is 91.5 cm³/mol. The molecule has 0 aliphatic heterocycles. The van der Waals surface area contributed by atoms with Gasteiger partial charge in [0, 0.05) is 17.7 Å². The Morgan fingerprint density at radius 3 is 2.70 bits per heavy atom. The zero-order valence-corrected chi connectivity index (χ0v) is 13.9. The summed E-state index contributed by atoms with van der Waals surface area (Å²) in [6, 6.07) is 13.5. The first-order valence-electron chi connectivity index (χ1n) is 7.89. The van der Waals surface area contributed by atoms with Crippen molar-refractivity contribution in [1.29, 1.82) is 5.26 Å². The molecule has 0 atom stereocenters. The van der Waals surface area contributed by atoms with Crippen LogP contribution in [0.2, 0.25) is 0 Å². The van der Waals surface area contributed by atoms with E-state index in [9.17, 15) is 4.79 Å². The lowest BCUT2D eigenvalue weighted by atomic mass is 10.1. The van der Waals surface area contributed by atoms with E-state index in [2.05, 4.69) is 13.8 Å². The lowest BCUT2D eigenvalue weighted by molar-refractivity contribution is 0.271. The number of hydrogen-bond donors (Lipinski definition) is 0. The van der Waals surface area contributed by atoms with Gasteiger partial charge in [0.2, 0.25) is 0 Å². The second kappa shape index (κ2) is 7.64. The summed E-state index contributed by atoms with van der Waals surface area (Å²) in [5.74, 6) is 1.25. The highest BCUT2D eigenvalue weighted by molar-refractivity contribution is 5.62. The highest BCUT2D eigenvalue weighted by atomic mass is 16.5. The molecule has 2 aromatic rings. The van der Waals surface area contributed by atoms with E-state index in [1.165, 1.54) is 0 Å². The molecule has 0 N–H and O–H groups in total. The van der Waals surface area contributed by atoms with Crippen LogP contribution in [-0.2, 0) is 13.0 Å². The SMILES string of the molecule is CCn1c(-c2cccc(OCC(C)C)c2)ccc(CC#N)c1=O. The van der Waals surface area contributed by atoms with E-state index < -0.39 is 0 Å². The summed E-state index contributed by atoms with van der Waals surface area (Å²) in [5, 5.41) is 8.82. The van der Waals surface area contributed by atoms with Crippen LogP contribution in [0, 0.1) is 17.2 Å². The van der Waals surface area contributed by atoms with Gasteiger partial charge in [0.1, 0.15) is 5.75 Å². The van der Waals surface area contributed by atoms with Crippen LogP contribution in [0.1, 0.15) is 26.3 Å². The van der Waals surface area contributed by atoms with Gasteiger partial charge in [0.05, 0.1) is 24.8 Å². The summed E-state index contributed by atoms with van der Waals surface area (Å²) in [6.07, 6.45) is 0.136. The van der Waals surface area contributed by atoms with E-state index in [4.69, 9.17) is 10.00 Å². The fourth-order valence-corrected chi connectivity index (χ4v) is 2.42. The van der Waals surface area contributed by atoms with Gasteiger partial charge >= 0.3 is 0 Å². The second-order valence-electron chi connectivity index (χ2n) is 5.86. The largest absolute Gasteiger partial charge is 0.493 e. The van der Waals surface area contributed by atoms with Crippen LogP contribution in [0.5, 0.6) is 5.75 Å². The molecule has 23 heavy (non-hydrogen) atoms. The fraction of sp³-hybridized carbons (Fsp3) is 0.368. The lowest BCUT2D eigenvalue weighted by Gasteiger charge is -2.14. The number of pyridine rings is 1. The molecule has 1 aromatic heterocycles. The molecule has 120 valence electrons. The Balaban J connectivity index is 2.42. The number of ether oxygens (including phenoxy) is 1. The monoisotopic (exact) mass is 310 g/mol. The van der Waals surface area contributed by atoms with Crippen molar-refractivity contribution >= 4 is 0 Å². The Hall–Kier alpha value is -2.54. The molecule has 1 aromatic carbocycles. The number of nitrogens with zero attached hydrogens (tertiary/aromatic N) is 2. The number of rotatable bonds is 6. The van der Waals surface area contributed by atoms with Crippen molar-refractivity contribution in [1.82, 2.24) is 4.57 Å². The van der Waals surface area contributed by atoms with E-state index in [-0.39, 0.29) is 12.0 Å². The van der Waals surface area contributed by atoms with Crippen molar-refractivity contribution in [2.75, 3.05) is 6.61 Å². The van der Waals surface area contributed by atoms with Gasteiger partial charge in [-0.05, 0) is 31.0 Å². The smallest absolute Gasteiger partial charge is 0.255 e. The van der Waals surface area contributed by atoms with Gasteiger partial charge < -0.3 is 9.30 Å². The quantitative estimate of drug-likeness (QED) is 0.818. The molecule has 4 nitrogen and oxygen atoms in total. The number of nitriles is 1. The summed E-state index contributed by atoms with van der Waals surface area (Å²) in [6.45, 7) is 7.36. The van der Waals surface area contributed by atoms with Crippen molar-refractivity contribution in [2.45, 2.75) is 33.7 Å². The van der Waals surface area contributed by atoms with Crippen LogP contribution >= 0.6 is 0 Å². The normalized spacial score (nSPS) is 10.6. The molecule has 0 radical (unpaired) electrons. The molecule has 2 rings (SSSR count). The number of hydrogen-bond acceptors (Lipinski definition) is 3. The number of benzene rings is 1. The summed E-state index contributed by atoms with van der Waals surface area (Å²) >= 11 is 0. The molecular formula is C19H22N2O2. The fourth-order valence-electron chi connectivity index (χ4n) is 2.42. The van der Waals surface area contributed by atoms with Crippen LogP contribution in [0.4, 0.5) is 0 Å². The van der Waals surface area contributed by atoms with E-state index in [0.717, 1.165) is 17.0 Å². The average Bonchev–Trinajstić information content (AvgIpc) is 2.55. The van der Waals surface area contributed by atoms with E-state index in [1.54, 1.807) is 10.6 Å². The molecule has 1 heterocycles. The predicted octanol–water partition coefficient (Wildman–Crippen LogP) is 3.64. The van der Waals surface area contributed by atoms with Gasteiger partial charge in [-0.15, -0.1) is 0 Å². The maximum absolute atomic E-state index is 12.5. The molecule has 0 unspecified atom stereocenters. The Labute approximate surface area is 137 Å². The van der Waals surface area contributed by atoms with Crippen molar-refractivity contribution in [3.8, 4) is 23.1 Å². The Kier molecular flexibility index (Phi) is 5.59. The van der Waals surface area contributed by atoms with Crippen LogP contribution < -0.4 is 10.3 Å². The van der Waals surface area contributed by atoms with E-state index in [0.29, 0.717) is 24.6 Å². The molecular weight excluding hydrogens is 288 g/mol. The van der Waals surface area contributed by atoms with Crippen molar-refractivity contribution < 1.29 is 4.74 Å². The maximum atomic E-state index is 12.5. The van der Waals surface area contributed by atoms with Crippen molar-refractivity contribution in [3.05, 3.63) is 52.3 Å². The van der Waals surface area contributed by atoms with Crippen molar-refractivity contribution in [2.24, 2.45) is 5.92 Å². The van der Waals surface area contributed by atoms with Gasteiger partial charge in [0.25, 0.3) is 5.56 Å². The summed E-state index contributed by atoms with van der Waals surface area (Å²) in [5.41, 5.74) is 2.22. The van der Waals surface area contributed by atoms with Crippen LogP contribution in [-0.4, -0.2) is 11.2 Å². The standard InChI is InChI=1S/C19H22N2O2/c1-4-21-18(9-8-15(10-11-20)19(21)22)16-6-5-7-17(12-16)23-13-14(2)3/h5-9,12,14H,4,10,13H2,1-3H3.